The molecular weight excluding hydrogens is 234 g/mol. The van der Waals surface area contributed by atoms with Gasteiger partial charge >= 0.3 is 0 Å². The highest BCUT2D eigenvalue weighted by Crippen LogP contribution is 2.42. The van der Waals surface area contributed by atoms with Gasteiger partial charge in [0.2, 0.25) is 0 Å². The Balaban J connectivity index is 2.25. The lowest BCUT2D eigenvalue weighted by Crippen LogP contribution is -2.31. The molecule has 1 aromatic rings. The van der Waals surface area contributed by atoms with Crippen molar-refractivity contribution in [1.82, 2.24) is 15.1 Å². The number of rotatable bonds is 3. The fourth-order valence-electron chi connectivity index (χ4n) is 3.12. The lowest BCUT2D eigenvalue weighted by Gasteiger charge is -2.35. The van der Waals surface area contributed by atoms with E-state index in [4.69, 9.17) is 11.6 Å². The van der Waals surface area contributed by atoms with Gasteiger partial charge in [0.15, 0.2) is 0 Å². The van der Waals surface area contributed by atoms with E-state index in [9.17, 15) is 0 Å². The third-order valence-electron chi connectivity index (χ3n) is 4.01. The van der Waals surface area contributed by atoms with Crippen molar-refractivity contribution in [3.63, 3.8) is 0 Å². The Hall–Kier alpha value is -0.540. The zero-order valence-corrected chi connectivity index (χ0v) is 11.7. The van der Waals surface area contributed by atoms with Gasteiger partial charge in [-0.2, -0.15) is 5.10 Å². The van der Waals surface area contributed by atoms with E-state index in [1.54, 1.807) is 6.20 Å². The number of halogens is 1. The van der Waals surface area contributed by atoms with Crippen molar-refractivity contribution >= 4 is 11.6 Å². The zero-order valence-electron chi connectivity index (χ0n) is 10.9. The Labute approximate surface area is 109 Å². The molecule has 1 N–H and O–H groups in total. The van der Waals surface area contributed by atoms with Gasteiger partial charge in [0.1, 0.15) is 0 Å². The minimum atomic E-state index is 0.547. The first-order chi connectivity index (χ1) is 8.13. The number of aryl methyl sites for hydroxylation is 1. The van der Waals surface area contributed by atoms with Crippen molar-refractivity contribution in [2.24, 2.45) is 18.9 Å². The predicted octanol–water partition coefficient (Wildman–Crippen LogP) is 2.81. The topological polar surface area (TPSA) is 29.9 Å². The van der Waals surface area contributed by atoms with E-state index in [1.165, 1.54) is 25.0 Å². The Morgan fingerprint density at radius 2 is 2.29 bits per heavy atom. The Morgan fingerprint density at radius 3 is 2.88 bits per heavy atom. The molecule has 3 nitrogen and oxygen atoms in total. The molecule has 1 fully saturated rings. The zero-order chi connectivity index (χ0) is 12.4. The smallest absolute Gasteiger partial charge is 0.0820 e. The van der Waals surface area contributed by atoms with E-state index in [2.05, 4.69) is 17.3 Å². The monoisotopic (exact) mass is 255 g/mol. The molecule has 1 aromatic heterocycles. The van der Waals surface area contributed by atoms with Gasteiger partial charge in [-0.3, -0.25) is 4.68 Å². The van der Waals surface area contributed by atoms with Gasteiger partial charge in [0.05, 0.1) is 16.9 Å². The van der Waals surface area contributed by atoms with Gasteiger partial charge in [0.25, 0.3) is 0 Å². The second kappa shape index (κ2) is 5.40. The molecule has 2 rings (SSSR count). The highest BCUT2D eigenvalue weighted by atomic mass is 35.5. The second-order valence-electron chi connectivity index (χ2n) is 5.34. The number of hydrogen-bond acceptors (Lipinski definition) is 2. The maximum Gasteiger partial charge on any atom is 0.0820 e. The largest absolute Gasteiger partial charge is 0.319 e. The summed E-state index contributed by atoms with van der Waals surface area (Å²) < 4.78 is 1.95. The average molecular weight is 256 g/mol. The summed E-state index contributed by atoms with van der Waals surface area (Å²) in [5.41, 5.74) is 1.22. The lowest BCUT2D eigenvalue weighted by molar-refractivity contribution is 0.237. The van der Waals surface area contributed by atoms with Crippen molar-refractivity contribution in [2.75, 3.05) is 13.6 Å². The van der Waals surface area contributed by atoms with Crippen LogP contribution in [0.3, 0.4) is 0 Å². The second-order valence-corrected chi connectivity index (χ2v) is 5.75. The van der Waals surface area contributed by atoms with Gasteiger partial charge in [-0.15, -0.1) is 0 Å². The molecule has 4 heteroatoms. The summed E-state index contributed by atoms with van der Waals surface area (Å²) in [4.78, 5) is 0. The van der Waals surface area contributed by atoms with Gasteiger partial charge in [-0.25, -0.2) is 0 Å². The first-order valence-electron chi connectivity index (χ1n) is 6.45. The van der Waals surface area contributed by atoms with Crippen LogP contribution in [0.4, 0.5) is 0 Å². The number of nitrogens with one attached hydrogen (secondary N) is 1. The number of aromatic nitrogens is 2. The minimum Gasteiger partial charge on any atom is -0.319 e. The van der Waals surface area contributed by atoms with E-state index < -0.39 is 0 Å². The van der Waals surface area contributed by atoms with Crippen molar-refractivity contribution in [3.05, 3.63) is 16.9 Å². The Kier molecular flexibility index (Phi) is 4.10. The number of hydrogen-bond donors (Lipinski definition) is 1. The average Bonchev–Trinajstić information content (AvgIpc) is 2.62. The summed E-state index contributed by atoms with van der Waals surface area (Å²) in [5.74, 6) is 2.02. The summed E-state index contributed by atoms with van der Waals surface area (Å²) in [6.45, 7) is 3.41. The summed E-state index contributed by atoms with van der Waals surface area (Å²) in [7, 11) is 4.02. The normalized spacial score (nSPS) is 29.5. The van der Waals surface area contributed by atoms with Crippen LogP contribution in [-0.2, 0) is 7.05 Å². The van der Waals surface area contributed by atoms with Crippen LogP contribution in [0.1, 0.15) is 37.8 Å². The molecule has 0 aliphatic heterocycles. The van der Waals surface area contributed by atoms with Gasteiger partial charge < -0.3 is 5.32 Å². The van der Waals surface area contributed by atoms with Crippen LogP contribution >= 0.6 is 11.6 Å². The van der Waals surface area contributed by atoms with E-state index in [1.807, 2.05) is 18.8 Å². The van der Waals surface area contributed by atoms with E-state index in [0.717, 1.165) is 17.5 Å². The van der Waals surface area contributed by atoms with Gasteiger partial charge in [-0.05, 0) is 38.3 Å². The van der Waals surface area contributed by atoms with Crippen molar-refractivity contribution in [2.45, 2.75) is 32.1 Å². The molecule has 1 aliphatic carbocycles. The van der Waals surface area contributed by atoms with Gasteiger partial charge in [-0.1, -0.05) is 24.9 Å². The van der Waals surface area contributed by atoms with Crippen molar-refractivity contribution in [3.8, 4) is 0 Å². The molecule has 0 amide bonds. The van der Waals surface area contributed by atoms with Crippen LogP contribution in [-0.4, -0.2) is 23.4 Å². The van der Waals surface area contributed by atoms with E-state index >= 15 is 0 Å². The quantitative estimate of drug-likeness (QED) is 0.900. The molecule has 0 spiro atoms. The maximum atomic E-state index is 6.29. The summed E-state index contributed by atoms with van der Waals surface area (Å²) in [6, 6.07) is 0. The summed E-state index contributed by atoms with van der Waals surface area (Å²) >= 11 is 6.29. The first kappa shape index (κ1) is 12.9. The molecule has 3 unspecified atom stereocenters. The highest BCUT2D eigenvalue weighted by molar-refractivity contribution is 6.31. The lowest BCUT2D eigenvalue weighted by atomic mass is 9.73. The SMILES string of the molecule is CNCC1CCC(C)CC1c1c(Cl)cnn1C. The van der Waals surface area contributed by atoms with Crippen LogP contribution in [0.2, 0.25) is 5.02 Å². The molecule has 1 heterocycles. The number of nitrogens with zero attached hydrogens (tertiary/aromatic N) is 2. The summed E-state index contributed by atoms with van der Waals surface area (Å²) in [5, 5.41) is 8.41. The fourth-order valence-corrected chi connectivity index (χ4v) is 3.43. The molecule has 0 saturated heterocycles. The Morgan fingerprint density at radius 1 is 1.53 bits per heavy atom. The maximum absolute atomic E-state index is 6.29. The van der Waals surface area contributed by atoms with Crippen molar-refractivity contribution < 1.29 is 0 Å². The third kappa shape index (κ3) is 2.66. The molecule has 0 aromatic carbocycles. The molecule has 96 valence electrons. The molecule has 3 atom stereocenters. The van der Waals surface area contributed by atoms with Gasteiger partial charge in [0, 0.05) is 13.0 Å². The Bertz CT molecular complexity index is 355. The molecule has 0 bridgehead atoms. The first-order valence-corrected chi connectivity index (χ1v) is 6.83. The third-order valence-corrected chi connectivity index (χ3v) is 4.30. The van der Waals surface area contributed by atoms with Crippen LogP contribution in [0.15, 0.2) is 6.20 Å². The fraction of sp³-hybridized carbons (Fsp3) is 0.769. The van der Waals surface area contributed by atoms with Crippen molar-refractivity contribution in [1.29, 1.82) is 0 Å². The highest BCUT2D eigenvalue weighted by Gasteiger charge is 2.32. The van der Waals surface area contributed by atoms with Crippen LogP contribution in [0, 0.1) is 11.8 Å². The summed E-state index contributed by atoms with van der Waals surface area (Å²) in [6.07, 6.45) is 5.62. The van der Waals surface area contributed by atoms with E-state index in [-0.39, 0.29) is 0 Å². The molecule has 17 heavy (non-hydrogen) atoms. The molecular formula is C13H22ClN3. The van der Waals surface area contributed by atoms with Crippen LogP contribution in [0.5, 0.6) is 0 Å². The molecule has 1 saturated carbocycles. The molecule has 0 radical (unpaired) electrons. The predicted molar refractivity (Wildman–Crippen MR) is 71.4 cm³/mol. The van der Waals surface area contributed by atoms with Crippen LogP contribution in [0.25, 0.3) is 0 Å². The van der Waals surface area contributed by atoms with E-state index in [0.29, 0.717) is 11.8 Å². The van der Waals surface area contributed by atoms with Crippen LogP contribution < -0.4 is 5.32 Å². The minimum absolute atomic E-state index is 0.547. The standard InChI is InChI=1S/C13H22ClN3/c1-9-4-5-10(7-15-2)11(6-9)13-12(14)8-16-17(13)3/h8-11,15H,4-7H2,1-3H3. The molecule has 1 aliphatic rings.